The minimum atomic E-state index is 0.275. The van der Waals surface area contributed by atoms with Gasteiger partial charge in [0.2, 0.25) is 0 Å². The molecule has 0 saturated carbocycles. The summed E-state index contributed by atoms with van der Waals surface area (Å²) >= 11 is 19.2. The zero-order valence-corrected chi connectivity index (χ0v) is 20.0. The van der Waals surface area contributed by atoms with E-state index < -0.39 is 0 Å². The van der Waals surface area contributed by atoms with Gasteiger partial charge < -0.3 is 4.74 Å². The molecule has 3 rings (SSSR count). The minimum Gasteiger partial charge on any atom is -0.486 e. The van der Waals surface area contributed by atoms with Gasteiger partial charge in [0.15, 0.2) is 0 Å². The quantitative estimate of drug-likeness (QED) is 0.233. The summed E-state index contributed by atoms with van der Waals surface area (Å²) in [6, 6.07) is 20.1. The Labute approximate surface area is 201 Å². The van der Waals surface area contributed by atoms with Crippen LogP contribution in [-0.4, -0.2) is 0 Å². The third-order valence-corrected chi connectivity index (χ3v) is 5.93. The average Bonchev–Trinajstić information content (AvgIpc) is 2.73. The van der Waals surface area contributed by atoms with Gasteiger partial charge in [-0.3, -0.25) is 0 Å². The summed E-state index contributed by atoms with van der Waals surface area (Å²) in [5.41, 5.74) is 3.40. The third kappa shape index (κ3) is 5.45. The highest BCUT2D eigenvalue weighted by atomic mass is 79.9. The molecule has 0 bridgehead atoms. The van der Waals surface area contributed by atoms with Crippen molar-refractivity contribution in [2.45, 2.75) is 6.61 Å². The normalized spacial score (nSPS) is 10.9. The first kappa shape index (κ1) is 22.4. The van der Waals surface area contributed by atoms with E-state index in [0.29, 0.717) is 26.9 Å². The molecule has 0 heterocycles. The molecule has 30 heavy (non-hydrogen) atoms. The molecule has 0 aliphatic heterocycles. The Hall–Kier alpha value is -2.28. The summed E-state index contributed by atoms with van der Waals surface area (Å²) in [6.45, 7) is 0.275. The molecule has 0 radical (unpaired) electrons. The fraction of sp³-hybridized carbons (Fsp3) is 0.0435. The summed E-state index contributed by atoms with van der Waals surface area (Å²) in [5, 5.41) is 19.6. The monoisotopic (exact) mass is 560 g/mol. The SMILES string of the molecule is N#C/C(=C/c1cc(Br)c(OCc2ccc(Cl)cc2Cl)c(Br)c1)c1ccc(C#N)cc1. The van der Waals surface area contributed by atoms with E-state index in [4.69, 9.17) is 33.2 Å². The number of hydrogen-bond donors (Lipinski definition) is 0. The summed E-state index contributed by atoms with van der Waals surface area (Å²) in [6.07, 6.45) is 1.77. The number of allylic oxidation sites excluding steroid dienone is 1. The van der Waals surface area contributed by atoms with Gasteiger partial charge >= 0.3 is 0 Å². The van der Waals surface area contributed by atoms with Gasteiger partial charge in [0, 0.05) is 15.6 Å². The first-order valence-corrected chi connectivity index (χ1v) is 10.9. The molecule has 0 unspecified atom stereocenters. The van der Waals surface area contributed by atoms with Crippen LogP contribution in [0.3, 0.4) is 0 Å². The van der Waals surface area contributed by atoms with Crippen molar-refractivity contribution < 1.29 is 4.74 Å². The van der Waals surface area contributed by atoms with Crippen LogP contribution in [0, 0.1) is 22.7 Å². The van der Waals surface area contributed by atoms with Crippen molar-refractivity contribution in [3.63, 3.8) is 0 Å². The lowest BCUT2D eigenvalue weighted by molar-refractivity contribution is 0.302. The topological polar surface area (TPSA) is 56.8 Å². The summed E-state index contributed by atoms with van der Waals surface area (Å²) in [5.74, 6) is 0.620. The van der Waals surface area contributed by atoms with E-state index in [1.54, 1.807) is 42.5 Å². The lowest BCUT2D eigenvalue weighted by Gasteiger charge is -2.12. The molecular formula is C23H12Br2Cl2N2O. The predicted molar refractivity (Wildman–Crippen MR) is 127 cm³/mol. The highest BCUT2D eigenvalue weighted by molar-refractivity contribution is 9.11. The van der Waals surface area contributed by atoms with Crippen LogP contribution in [-0.2, 0) is 6.61 Å². The Kier molecular flexibility index (Phi) is 7.58. The fourth-order valence-electron chi connectivity index (χ4n) is 2.66. The maximum absolute atomic E-state index is 9.56. The Morgan fingerprint density at radius 3 is 2.20 bits per heavy atom. The van der Waals surface area contributed by atoms with Gasteiger partial charge in [0.05, 0.1) is 32.2 Å². The molecule has 148 valence electrons. The number of halogens is 4. The number of ether oxygens (including phenoxy) is 1. The number of benzene rings is 3. The molecule has 7 heteroatoms. The Morgan fingerprint density at radius 1 is 0.967 bits per heavy atom. The molecule has 0 N–H and O–H groups in total. The van der Waals surface area contributed by atoms with Crippen LogP contribution in [0.5, 0.6) is 5.75 Å². The second-order valence-corrected chi connectivity index (χ2v) is 8.75. The maximum atomic E-state index is 9.56. The van der Waals surface area contributed by atoms with Crippen LogP contribution in [0.4, 0.5) is 0 Å². The second-order valence-electron chi connectivity index (χ2n) is 6.20. The molecule has 0 fully saturated rings. The highest BCUT2D eigenvalue weighted by Gasteiger charge is 2.11. The third-order valence-electron chi connectivity index (χ3n) is 4.16. The standard InChI is InChI=1S/C23H12Br2Cl2N2O/c24-20-8-15(7-18(12-29)16-3-1-14(11-28)2-4-16)9-21(25)23(20)30-13-17-5-6-19(26)10-22(17)27/h1-10H,13H2/b18-7-. The van der Waals surface area contributed by atoms with Crippen molar-refractivity contribution in [3.05, 3.63) is 95.8 Å². The van der Waals surface area contributed by atoms with Crippen LogP contribution in [0.2, 0.25) is 10.0 Å². The van der Waals surface area contributed by atoms with Gasteiger partial charge in [-0.05, 0) is 85.5 Å². The van der Waals surface area contributed by atoms with Crippen molar-refractivity contribution in [3.8, 4) is 17.9 Å². The lowest BCUT2D eigenvalue weighted by Crippen LogP contribution is -1.98. The number of nitriles is 2. The Balaban J connectivity index is 1.85. The Morgan fingerprint density at radius 2 is 1.63 bits per heavy atom. The zero-order chi connectivity index (χ0) is 21.7. The molecule has 3 aromatic rings. The molecule has 3 aromatic carbocycles. The minimum absolute atomic E-state index is 0.275. The van der Waals surface area contributed by atoms with Crippen molar-refractivity contribution in [1.82, 2.24) is 0 Å². The van der Waals surface area contributed by atoms with E-state index in [1.165, 1.54) is 0 Å². The van der Waals surface area contributed by atoms with Crippen molar-refractivity contribution >= 4 is 66.7 Å². The lowest BCUT2D eigenvalue weighted by atomic mass is 10.0. The van der Waals surface area contributed by atoms with Gasteiger partial charge in [-0.15, -0.1) is 0 Å². The van der Waals surface area contributed by atoms with Gasteiger partial charge in [-0.2, -0.15) is 10.5 Å². The molecule has 0 aliphatic rings. The van der Waals surface area contributed by atoms with Gasteiger partial charge in [-0.1, -0.05) is 41.4 Å². The van der Waals surface area contributed by atoms with E-state index >= 15 is 0 Å². The molecule has 3 nitrogen and oxygen atoms in total. The number of nitrogens with zero attached hydrogens (tertiary/aromatic N) is 2. The summed E-state index contributed by atoms with van der Waals surface area (Å²) in [7, 11) is 0. The van der Waals surface area contributed by atoms with Crippen molar-refractivity contribution in [2.24, 2.45) is 0 Å². The van der Waals surface area contributed by atoms with E-state index in [0.717, 1.165) is 25.6 Å². The summed E-state index contributed by atoms with van der Waals surface area (Å²) < 4.78 is 7.39. The molecular weight excluding hydrogens is 551 g/mol. The van der Waals surface area contributed by atoms with E-state index in [9.17, 15) is 5.26 Å². The van der Waals surface area contributed by atoms with E-state index in [1.807, 2.05) is 18.2 Å². The molecule has 0 spiro atoms. The fourth-order valence-corrected chi connectivity index (χ4v) is 4.57. The molecule has 0 saturated heterocycles. The molecule has 0 atom stereocenters. The van der Waals surface area contributed by atoms with Crippen molar-refractivity contribution in [2.75, 3.05) is 0 Å². The van der Waals surface area contributed by atoms with Crippen LogP contribution in [0.1, 0.15) is 22.3 Å². The molecule has 0 aromatic heterocycles. The summed E-state index contributed by atoms with van der Waals surface area (Å²) in [4.78, 5) is 0. The first-order valence-electron chi connectivity index (χ1n) is 8.59. The number of hydrogen-bond acceptors (Lipinski definition) is 3. The van der Waals surface area contributed by atoms with Gasteiger partial charge in [-0.25, -0.2) is 0 Å². The van der Waals surface area contributed by atoms with Crippen LogP contribution in [0.25, 0.3) is 11.6 Å². The second kappa shape index (κ2) is 10.2. The van der Waals surface area contributed by atoms with E-state index in [-0.39, 0.29) is 6.61 Å². The first-order chi connectivity index (χ1) is 14.4. The molecule has 0 amide bonds. The Bertz CT molecular complexity index is 1190. The highest BCUT2D eigenvalue weighted by Crippen LogP contribution is 2.37. The van der Waals surface area contributed by atoms with E-state index in [2.05, 4.69) is 44.0 Å². The zero-order valence-electron chi connectivity index (χ0n) is 15.3. The number of rotatable bonds is 5. The van der Waals surface area contributed by atoms with Crippen LogP contribution >= 0.6 is 55.1 Å². The molecule has 0 aliphatic carbocycles. The average molecular weight is 563 g/mol. The van der Waals surface area contributed by atoms with Crippen LogP contribution < -0.4 is 4.74 Å². The van der Waals surface area contributed by atoms with Gasteiger partial charge in [0.1, 0.15) is 12.4 Å². The predicted octanol–water partition coefficient (Wildman–Crippen LogP) is 8.03. The largest absolute Gasteiger partial charge is 0.486 e. The smallest absolute Gasteiger partial charge is 0.148 e. The van der Waals surface area contributed by atoms with Crippen molar-refractivity contribution in [1.29, 1.82) is 10.5 Å². The van der Waals surface area contributed by atoms with Gasteiger partial charge in [0.25, 0.3) is 0 Å². The van der Waals surface area contributed by atoms with Crippen LogP contribution in [0.15, 0.2) is 63.5 Å². The maximum Gasteiger partial charge on any atom is 0.148 e.